The summed E-state index contributed by atoms with van der Waals surface area (Å²) in [4.78, 5) is 17.0. The molecule has 5 saturated carbocycles. The maximum absolute atomic E-state index is 12.9. The highest BCUT2D eigenvalue weighted by Crippen LogP contribution is 2.77. The molecule has 10 atom stereocenters. The molecule has 228 valence electrons. The molecule has 0 radical (unpaired) electrons. The quantitative estimate of drug-likeness (QED) is 0.373. The van der Waals surface area contributed by atoms with E-state index in [1.54, 1.807) is 19.5 Å². The van der Waals surface area contributed by atoms with Crippen molar-refractivity contribution in [3.63, 3.8) is 0 Å². The van der Waals surface area contributed by atoms with E-state index in [-0.39, 0.29) is 39.3 Å². The Hall–Kier alpha value is -1.66. The Morgan fingerprint density at radius 1 is 0.976 bits per heavy atom. The van der Waals surface area contributed by atoms with Crippen LogP contribution in [0.2, 0.25) is 0 Å². The Balaban J connectivity index is 1.34. The van der Waals surface area contributed by atoms with Crippen molar-refractivity contribution in [3.8, 4) is 0 Å². The van der Waals surface area contributed by atoms with Crippen LogP contribution in [0.1, 0.15) is 98.8 Å². The summed E-state index contributed by atoms with van der Waals surface area (Å²) in [6.07, 6.45) is 15.8. The summed E-state index contributed by atoms with van der Waals surface area (Å²) in [6, 6.07) is 0. The summed E-state index contributed by atoms with van der Waals surface area (Å²) in [5.41, 5.74) is 1.94. The summed E-state index contributed by atoms with van der Waals surface area (Å²) in [5, 5.41) is 11.0. The van der Waals surface area contributed by atoms with E-state index >= 15 is 0 Å². The van der Waals surface area contributed by atoms with Gasteiger partial charge < -0.3 is 14.6 Å². The zero-order chi connectivity index (χ0) is 29.4. The molecule has 0 saturated heterocycles. The highest BCUT2D eigenvalue weighted by Gasteiger charge is 2.71. The third kappa shape index (κ3) is 4.08. The first kappa shape index (κ1) is 29.4. The molecule has 1 heterocycles. The molecule has 0 spiro atoms. The number of ether oxygens (including phenoxy) is 2. The number of hydrogen-bond donors (Lipinski definition) is 1. The lowest BCUT2D eigenvalue weighted by Gasteiger charge is -2.73. The van der Waals surface area contributed by atoms with Gasteiger partial charge in [0, 0.05) is 24.9 Å². The topological polar surface area (TPSA) is 73.6 Å². The van der Waals surface area contributed by atoms with E-state index in [0.717, 1.165) is 32.1 Å². The van der Waals surface area contributed by atoms with Crippen LogP contribution in [-0.4, -0.2) is 47.2 Å². The van der Waals surface area contributed by atoms with E-state index in [1.165, 1.54) is 48.6 Å². The molecule has 5 aliphatic rings. The largest absolute Gasteiger partial charge is 0.448 e. The van der Waals surface area contributed by atoms with Crippen LogP contribution in [0.15, 0.2) is 30.9 Å². The zero-order valence-corrected chi connectivity index (χ0v) is 26.5. The third-order valence-electron chi connectivity index (χ3n) is 14.6. The van der Waals surface area contributed by atoms with Crippen LogP contribution in [0, 0.1) is 56.7 Å². The molecular weight excluding hydrogens is 512 g/mol. The Bertz CT molecular complexity index is 1160. The standard InChI is InChI=1S/C35H54N2O4/c1-23(20-40-7)24-10-15-35(21-41-30(39)37-19-18-36-22-37)17-16-33(5)25(29(24)35)8-9-27-32(4)13-12-28(38)31(2,3)26(32)11-14-34(27,33)6/h18-19,22,24-29,38H,1,8-17,20-21H2,2-7H3/t24-,25+,26-,27+,28-,29+,32-,33+,34+,35+/m0/s1. The van der Waals surface area contributed by atoms with Gasteiger partial charge in [-0.2, -0.15) is 0 Å². The molecule has 0 bridgehead atoms. The number of aliphatic hydroxyl groups is 1. The van der Waals surface area contributed by atoms with E-state index in [2.05, 4.69) is 46.2 Å². The van der Waals surface area contributed by atoms with Gasteiger partial charge in [0.05, 0.1) is 19.3 Å². The summed E-state index contributed by atoms with van der Waals surface area (Å²) >= 11 is 0. The molecule has 5 aliphatic carbocycles. The van der Waals surface area contributed by atoms with Crippen LogP contribution >= 0.6 is 0 Å². The van der Waals surface area contributed by atoms with Gasteiger partial charge in [0.25, 0.3) is 0 Å². The Morgan fingerprint density at radius 2 is 1.76 bits per heavy atom. The second-order valence-corrected chi connectivity index (χ2v) is 16.2. The number of rotatable bonds is 5. The summed E-state index contributed by atoms with van der Waals surface area (Å²) < 4.78 is 13.2. The van der Waals surface area contributed by atoms with Gasteiger partial charge in [0.1, 0.15) is 6.33 Å². The number of hydrogen-bond acceptors (Lipinski definition) is 5. The summed E-state index contributed by atoms with van der Waals surface area (Å²) in [7, 11) is 1.78. The van der Waals surface area contributed by atoms with E-state index in [4.69, 9.17) is 9.47 Å². The van der Waals surface area contributed by atoms with Gasteiger partial charge in [-0.1, -0.05) is 41.2 Å². The minimum absolute atomic E-state index is 0.0109. The second-order valence-electron chi connectivity index (χ2n) is 16.2. The van der Waals surface area contributed by atoms with E-state index in [9.17, 15) is 9.90 Å². The molecule has 6 nitrogen and oxygen atoms in total. The van der Waals surface area contributed by atoms with Crippen molar-refractivity contribution >= 4 is 6.09 Å². The summed E-state index contributed by atoms with van der Waals surface area (Å²) in [6.45, 7) is 18.2. The van der Waals surface area contributed by atoms with Gasteiger partial charge in [-0.05, 0) is 121 Å². The van der Waals surface area contributed by atoms with E-state index < -0.39 is 0 Å². The molecule has 1 aromatic heterocycles. The number of carbonyl (C=O) groups is 1. The van der Waals surface area contributed by atoms with Gasteiger partial charge >= 0.3 is 6.09 Å². The monoisotopic (exact) mass is 566 g/mol. The van der Waals surface area contributed by atoms with Crippen LogP contribution in [0.3, 0.4) is 0 Å². The van der Waals surface area contributed by atoms with Crippen molar-refractivity contribution in [3.05, 3.63) is 30.9 Å². The van der Waals surface area contributed by atoms with Gasteiger partial charge in [-0.3, -0.25) is 0 Å². The molecule has 1 aromatic rings. The van der Waals surface area contributed by atoms with E-state index in [1.807, 2.05) is 0 Å². The zero-order valence-electron chi connectivity index (χ0n) is 26.5. The van der Waals surface area contributed by atoms with Gasteiger partial charge in [0.2, 0.25) is 0 Å². The smallest absolute Gasteiger partial charge is 0.419 e. The third-order valence-corrected chi connectivity index (χ3v) is 14.6. The predicted molar refractivity (Wildman–Crippen MR) is 160 cm³/mol. The van der Waals surface area contributed by atoms with Crippen LogP contribution in [-0.2, 0) is 9.47 Å². The molecule has 1 N–H and O–H groups in total. The molecular formula is C35H54N2O4. The number of aliphatic hydroxyl groups excluding tert-OH is 1. The number of carbonyl (C=O) groups excluding carboxylic acids is 1. The fourth-order valence-electron chi connectivity index (χ4n) is 12.4. The Labute approximate surface area is 247 Å². The molecule has 6 rings (SSSR count). The maximum atomic E-state index is 12.9. The minimum atomic E-state index is -0.327. The molecule has 0 amide bonds. The molecule has 41 heavy (non-hydrogen) atoms. The van der Waals surface area contributed by atoms with E-state index in [0.29, 0.717) is 42.8 Å². The number of imidazole rings is 1. The van der Waals surface area contributed by atoms with Crippen molar-refractivity contribution in [2.45, 2.75) is 105 Å². The van der Waals surface area contributed by atoms with Gasteiger partial charge in [-0.15, -0.1) is 0 Å². The van der Waals surface area contributed by atoms with Gasteiger partial charge in [0.15, 0.2) is 0 Å². The maximum Gasteiger partial charge on any atom is 0.419 e. The average Bonchev–Trinajstić information content (AvgIpc) is 3.60. The fourth-order valence-corrected chi connectivity index (χ4v) is 12.4. The molecule has 0 aliphatic heterocycles. The van der Waals surface area contributed by atoms with Crippen molar-refractivity contribution in [1.82, 2.24) is 9.55 Å². The lowest BCUT2D eigenvalue weighted by Crippen LogP contribution is -2.66. The Morgan fingerprint density at radius 3 is 2.46 bits per heavy atom. The molecule has 5 fully saturated rings. The number of aromatic nitrogens is 2. The molecule has 6 heteroatoms. The summed E-state index contributed by atoms with van der Waals surface area (Å²) in [5.74, 6) is 2.68. The second kappa shape index (κ2) is 9.94. The molecule has 0 unspecified atom stereocenters. The average molecular weight is 567 g/mol. The van der Waals surface area contributed by atoms with Crippen LogP contribution in [0.4, 0.5) is 4.79 Å². The van der Waals surface area contributed by atoms with Crippen LogP contribution in [0.5, 0.6) is 0 Å². The van der Waals surface area contributed by atoms with Crippen molar-refractivity contribution < 1.29 is 19.4 Å². The minimum Gasteiger partial charge on any atom is -0.448 e. The lowest BCUT2D eigenvalue weighted by atomic mass is 9.32. The SMILES string of the molecule is C=C(COC)[C@@H]1CC[C@]2(COC(=O)n3ccnc3)CC[C@]3(C)[C@H](CC[C@@H]4[C@@]5(C)CC[C@H](O)C(C)(C)[C@@H]5CC[C@]43C)[C@@H]12. The molecule has 0 aromatic carbocycles. The highest BCUT2D eigenvalue weighted by atomic mass is 16.5. The Kier molecular flexibility index (Phi) is 7.13. The van der Waals surface area contributed by atoms with Crippen molar-refractivity contribution in [2.24, 2.45) is 56.7 Å². The lowest BCUT2D eigenvalue weighted by molar-refractivity contribution is -0.249. The first-order chi connectivity index (χ1) is 19.3. The predicted octanol–water partition coefficient (Wildman–Crippen LogP) is 7.51. The number of fused-ring (bicyclic) bond motifs is 7. The van der Waals surface area contributed by atoms with Crippen molar-refractivity contribution in [1.29, 1.82) is 0 Å². The highest BCUT2D eigenvalue weighted by molar-refractivity contribution is 5.70. The van der Waals surface area contributed by atoms with Crippen LogP contribution < -0.4 is 0 Å². The van der Waals surface area contributed by atoms with Gasteiger partial charge in [-0.25, -0.2) is 14.3 Å². The van der Waals surface area contributed by atoms with Crippen molar-refractivity contribution in [2.75, 3.05) is 20.3 Å². The normalized spacial score (nSPS) is 46.5. The number of nitrogens with zero attached hydrogens (tertiary/aromatic N) is 2. The van der Waals surface area contributed by atoms with Crippen LogP contribution in [0.25, 0.3) is 0 Å². The first-order valence-corrected chi connectivity index (χ1v) is 16.3. The number of methoxy groups -OCH3 is 1. The fraction of sp³-hybridized carbons (Fsp3) is 0.829. The first-order valence-electron chi connectivity index (χ1n) is 16.3.